The number of hydrogen-bond donors (Lipinski definition) is 2. The molecular weight excluding hydrogens is 162 g/mol. The van der Waals surface area contributed by atoms with E-state index in [1.54, 1.807) is 13.8 Å². The molecule has 0 aromatic rings. The van der Waals surface area contributed by atoms with Gasteiger partial charge in [-0.2, -0.15) is 0 Å². The van der Waals surface area contributed by atoms with Crippen LogP contribution in [0.4, 0.5) is 0 Å². The standard InChI is InChI=1S/C11H25NO/c1-4-5-6-7-8-9-10(12)11(2,3)13/h10,13H,4-9,12H2,1-3H3. The van der Waals surface area contributed by atoms with E-state index >= 15 is 0 Å². The third-order valence-electron chi connectivity index (χ3n) is 2.53. The van der Waals surface area contributed by atoms with Gasteiger partial charge >= 0.3 is 0 Å². The van der Waals surface area contributed by atoms with E-state index in [0.29, 0.717) is 0 Å². The largest absolute Gasteiger partial charge is 0.389 e. The molecule has 0 aromatic heterocycles. The van der Waals surface area contributed by atoms with Gasteiger partial charge < -0.3 is 10.8 Å². The second-order valence-corrected chi connectivity index (χ2v) is 4.46. The first-order chi connectivity index (χ1) is 5.98. The summed E-state index contributed by atoms with van der Waals surface area (Å²) in [4.78, 5) is 0. The summed E-state index contributed by atoms with van der Waals surface area (Å²) in [5.74, 6) is 0. The minimum atomic E-state index is -0.718. The Morgan fingerprint density at radius 1 is 1.15 bits per heavy atom. The van der Waals surface area contributed by atoms with E-state index in [2.05, 4.69) is 6.92 Å². The fourth-order valence-corrected chi connectivity index (χ4v) is 1.32. The number of nitrogens with two attached hydrogens (primary N) is 1. The van der Waals surface area contributed by atoms with Gasteiger partial charge in [-0.15, -0.1) is 0 Å². The second-order valence-electron chi connectivity index (χ2n) is 4.46. The third-order valence-corrected chi connectivity index (χ3v) is 2.53. The van der Waals surface area contributed by atoms with Gasteiger partial charge in [0.05, 0.1) is 5.60 Å². The van der Waals surface area contributed by atoms with Gasteiger partial charge in [-0.3, -0.25) is 0 Å². The Kier molecular flexibility index (Phi) is 6.35. The van der Waals surface area contributed by atoms with E-state index in [0.717, 1.165) is 12.8 Å². The first-order valence-corrected chi connectivity index (χ1v) is 5.46. The van der Waals surface area contributed by atoms with E-state index in [9.17, 15) is 5.11 Å². The topological polar surface area (TPSA) is 46.2 Å². The van der Waals surface area contributed by atoms with Crippen molar-refractivity contribution in [1.29, 1.82) is 0 Å². The molecule has 2 heteroatoms. The van der Waals surface area contributed by atoms with Gasteiger partial charge in [0.25, 0.3) is 0 Å². The van der Waals surface area contributed by atoms with Crippen molar-refractivity contribution in [3.63, 3.8) is 0 Å². The van der Waals surface area contributed by atoms with E-state index in [1.807, 2.05) is 0 Å². The van der Waals surface area contributed by atoms with Crippen LogP contribution >= 0.6 is 0 Å². The van der Waals surface area contributed by atoms with E-state index in [-0.39, 0.29) is 6.04 Å². The molecule has 0 fully saturated rings. The lowest BCUT2D eigenvalue weighted by Gasteiger charge is -2.25. The molecule has 0 amide bonds. The van der Waals surface area contributed by atoms with Crippen LogP contribution in [0.5, 0.6) is 0 Å². The number of aliphatic hydroxyl groups is 1. The van der Waals surface area contributed by atoms with Crippen LogP contribution in [0.15, 0.2) is 0 Å². The molecule has 0 aromatic carbocycles. The highest BCUT2D eigenvalue weighted by Gasteiger charge is 2.21. The predicted molar refractivity (Wildman–Crippen MR) is 57.6 cm³/mol. The van der Waals surface area contributed by atoms with Crippen LogP contribution in [0, 0.1) is 0 Å². The fourth-order valence-electron chi connectivity index (χ4n) is 1.32. The van der Waals surface area contributed by atoms with Crippen molar-refractivity contribution in [2.45, 2.75) is 70.9 Å². The van der Waals surface area contributed by atoms with Crippen molar-refractivity contribution in [2.24, 2.45) is 5.73 Å². The molecule has 0 aliphatic heterocycles. The molecule has 0 saturated heterocycles. The van der Waals surface area contributed by atoms with Crippen LogP contribution in [0.1, 0.15) is 59.3 Å². The normalized spacial score (nSPS) is 14.5. The number of unbranched alkanes of at least 4 members (excludes halogenated alkanes) is 4. The van der Waals surface area contributed by atoms with Gasteiger partial charge in [-0.25, -0.2) is 0 Å². The Hall–Kier alpha value is -0.0800. The maximum Gasteiger partial charge on any atom is 0.0741 e. The van der Waals surface area contributed by atoms with Crippen molar-refractivity contribution < 1.29 is 5.11 Å². The highest BCUT2D eigenvalue weighted by molar-refractivity contribution is 4.79. The quantitative estimate of drug-likeness (QED) is 0.601. The van der Waals surface area contributed by atoms with Gasteiger partial charge in [0.1, 0.15) is 0 Å². The highest BCUT2D eigenvalue weighted by Crippen LogP contribution is 2.13. The molecule has 0 bridgehead atoms. The molecule has 2 nitrogen and oxygen atoms in total. The molecule has 0 aliphatic carbocycles. The monoisotopic (exact) mass is 187 g/mol. The lowest BCUT2D eigenvalue weighted by atomic mass is 9.94. The first-order valence-electron chi connectivity index (χ1n) is 5.46. The minimum Gasteiger partial charge on any atom is -0.389 e. The van der Waals surface area contributed by atoms with Gasteiger partial charge in [-0.05, 0) is 20.3 Å². The molecule has 13 heavy (non-hydrogen) atoms. The van der Waals surface area contributed by atoms with Crippen molar-refractivity contribution in [1.82, 2.24) is 0 Å². The van der Waals surface area contributed by atoms with E-state index in [1.165, 1.54) is 25.7 Å². The lowest BCUT2D eigenvalue weighted by molar-refractivity contribution is 0.0482. The van der Waals surface area contributed by atoms with Crippen LogP contribution in [0.2, 0.25) is 0 Å². The van der Waals surface area contributed by atoms with Crippen LogP contribution < -0.4 is 5.73 Å². The zero-order valence-electron chi connectivity index (χ0n) is 9.34. The second kappa shape index (κ2) is 6.39. The van der Waals surface area contributed by atoms with Crippen LogP contribution in [-0.4, -0.2) is 16.7 Å². The Balaban J connectivity index is 3.32. The summed E-state index contributed by atoms with van der Waals surface area (Å²) in [6.07, 6.45) is 7.22. The SMILES string of the molecule is CCCCCCCC(N)C(C)(C)O. The highest BCUT2D eigenvalue weighted by atomic mass is 16.3. The summed E-state index contributed by atoms with van der Waals surface area (Å²) in [5.41, 5.74) is 5.10. The fraction of sp³-hybridized carbons (Fsp3) is 1.00. The molecule has 0 rings (SSSR count). The summed E-state index contributed by atoms with van der Waals surface area (Å²) in [6, 6.07) is -0.0749. The van der Waals surface area contributed by atoms with E-state index < -0.39 is 5.60 Å². The maximum absolute atomic E-state index is 9.56. The molecule has 0 spiro atoms. The zero-order valence-corrected chi connectivity index (χ0v) is 9.34. The molecule has 80 valence electrons. The summed E-state index contributed by atoms with van der Waals surface area (Å²) in [6.45, 7) is 5.77. The van der Waals surface area contributed by atoms with Crippen LogP contribution in [0.3, 0.4) is 0 Å². The van der Waals surface area contributed by atoms with Crippen molar-refractivity contribution in [2.75, 3.05) is 0 Å². The Morgan fingerprint density at radius 2 is 1.69 bits per heavy atom. The van der Waals surface area contributed by atoms with Gasteiger partial charge in [0, 0.05) is 6.04 Å². The molecule has 0 radical (unpaired) electrons. The molecule has 1 unspecified atom stereocenters. The van der Waals surface area contributed by atoms with Crippen molar-refractivity contribution in [3.8, 4) is 0 Å². The molecular formula is C11H25NO. The Morgan fingerprint density at radius 3 is 2.15 bits per heavy atom. The van der Waals surface area contributed by atoms with Crippen LogP contribution in [-0.2, 0) is 0 Å². The number of rotatable bonds is 7. The summed E-state index contributed by atoms with van der Waals surface area (Å²) >= 11 is 0. The van der Waals surface area contributed by atoms with Crippen molar-refractivity contribution in [3.05, 3.63) is 0 Å². The van der Waals surface area contributed by atoms with Gasteiger partial charge in [-0.1, -0.05) is 39.0 Å². The average molecular weight is 187 g/mol. The lowest BCUT2D eigenvalue weighted by Crippen LogP contribution is -2.42. The summed E-state index contributed by atoms with van der Waals surface area (Å²) < 4.78 is 0. The van der Waals surface area contributed by atoms with Crippen LogP contribution in [0.25, 0.3) is 0 Å². The molecule has 0 aliphatic rings. The average Bonchev–Trinajstić information content (AvgIpc) is 2.02. The smallest absolute Gasteiger partial charge is 0.0741 e. The first kappa shape index (κ1) is 12.9. The maximum atomic E-state index is 9.56. The summed E-state index contributed by atoms with van der Waals surface area (Å²) in [5, 5.41) is 9.56. The Bertz CT molecular complexity index is 118. The molecule has 3 N–H and O–H groups in total. The predicted octanol–water partition coefficient (Wildman–Crippen LogP) is 2.45. The molecule has 0 saturated carbocycles. The summed E-state index contributed by atoms with van der Waals surface area (Å²) in [7, 11) is 0. The molecule has 0 heterocycles. The van der Waals surface area contributed by atoms with E-state index in [4.69, 9.17) is 5.73 Å². The number of hydrogen-bond acceptors (Lipinski definition) is 2. The van der Waals surface area contributed by atoms with Crippen molar-refractivity contribution >= 4 is 0 Å². The van der Waals surface area contributed by atoms with Gasteiger partial charge in [0.2, 0.25) is 0 Å². The Labute approximate surface area is 82.5 Å². The minimum absolute atomic E-state index is 0.0749. The molecule has 1 atom stereocenters. The zero-order chi connectivity index (χ0) is 10.3. The third kappa shape index (κ3) is 7.03. The van der Waals surface area contributed by atoms with Gasteiger partial charge in [0.15, 0.2) is 0 Å².